The standard InChI is InChI=1S/C25H23N3O4/c29-20-11-12-21(19-9-5-2-6-10-19)28-17-26(15-20)25(31)23-24(22(30)13-14-27(23)28)32-16-18-7-3-1-4-8-18/h1-10,13-14,21H,11-12,15-17H2. The second-order valence-electron chi connectivity index (χ2n) is 8.06. The van der Waals surface area contributed by atoms with Crippen LogP contribution in [0.25, 0.3) is 0 Å². The Morgan fingerprint density at radius 3 is 2.38 bits per heavy atom. The van der Waals surface area contributed by atoms with Crippen molar-refractivity contribution in [2.24, 2.45) is 0 Å². The van der Waals surface area contributed by atoms with Crippen LogP contribution in [0.2, 0.25) is 0 Å². The molecule has 1 fully saturated rings. The lowest BCUT2D eigenvalue weighted by Crippen LogP contribution is -2.57. The largest absolute Gasteiger partial charge is 0.482 e. The first kappa shape index (κ1) is 20.1. The summed E-state index contributed by atoms with van der Waals surface area (Å²) in [5.41, 5.74) is 1.75. The second kappa shape index (κ2) is 8.34. The van der Waals surface area contributed by atoms with Gasteiger partial charge in [-0.2, -0.15) is 0 Å². The Bertz CT molecular complexity index is 1210. The van der Waals surface area contributed by atoms with Crippen LogP contribution in [0, 0.1) is 0 Å². The summed E-state index contributed by atoms with van der Waals surface area (Å²) in [4.78, 5) is 40.1. The number of carbonyl (C=O) groups is 2. The van der Waals surface area contributed by atoms with E-state index < -0.39 is 0 Å². The van der Waals surface area contributed by atoms with Crippen LogP contribution in [-0.2, 0) is 11.4 Å². The number of benzene rings is 2. The summed E-state index contributed by atoms with van der Waals surface area (Å²) in [5, 5.41) is 2.04. The van der Waals surface area contributed by atoms with Crippen molar-refractivity contribution < 1.29 is 14.3 Å². The third-order valence-corrected chi connectivity index (χ3v) is 5.95. The van der Waals surface area contributed by atoms with Crippen LogP contribution in [0.15, 0.2) is 77.7 Å². The van der Waals surface area contributed by atoms with Crippen molar-refractivity contribution in [1.29, 1.82) is 0 Å². The third-order valence-electron chi connectivity index (χ3n) is 5.95. The van der Waals surface area contributed by atoms with Gasteiger partial charge in [0.05, 0.1) is 12.6 Å². The van der Waals surface area contributed by atoms with Crippen LogP contribution < -0.4 is 15.2 Å². The van der Waals surface area contributed by atoms with Crippen LogP contribution in [0.3, 0.4) is 0 Å². The van der Waals surface area contributed by atoms with E-state index in [2.05, 4.69) is 0 Å². The van der Waals surface area contributed by atoms with Gasteiger partial charge in [0.15, 0.2) is 17.2 Å². The molecule has 5 rings (SSSR count). The molecule has 32 heavy (non-hydrogen) atoms. The van der Waals surface area contributed by atoms with Gasteiger partial charge in [0.1, 0.15) is 13.3 Å². The van der Waals surface area contributed by atoms with Crippen molar-refractivity contribution in [3.8, 4) is 5.75 Å². The Hall–Kier alpha value is -3.87. The van der Waals surface area contributed by atoms with E-state index in [1.54, 1.807) is 10.9 Å². The molecule has 0 radical (unpaired) electrons. The van der Waals surface area contributed by atoms with Gasteiger partial charge < -0.3 is 9.64 Å². The average molecular weight is 429 g/mol. The smallest absolute Gasteiger partial charge is 0.278 e. The van der Waals surface area contributed by atoms with Crippen molar-refractivity contribution in [2.75, 3.05) is 18.2 Å². The molecule has 0 aliphatic carbocycles. The first-order valence-electron chi connectivity index (χ1n) is 10.7. The average Bonchev–Trinajstić information content (AvgIpc) is 2.81. The summed E-state index contributed by atoms with van der Waals surface area (Å²) in [6.45, 7) is 0.456. The van der Waals surface area contributed by atoms with Crippen molar-refractivity contribution in [2.45, 2.75) is 25.5 Å². The molecule has 3 aromatic rings. The quantitative estimate of drug-likeness (QED) is 0.638. The molecule has 1 atom stereocenters. The molecule has 2 aliphatic heterocycles. The number of nitrogens with zero attached hydrogens (tertiary/aromatic N) is 3. The maximum Gasteiger partial charge on any atom is 0.278 e. The van der Waals surface area contributed by atoms with Crippen molar-refractivity contribution in [3.63, 3.8) is 0 Å². The van der Waals surface area contributed by atoms with Gasteiger partial charge in [0.2, 0.25) is 5.43 Å². The minimum Gasteiger partial charge on any atom is -0.482 e. The number of fused-ring (bicyclic) bond motifs is 4. The fourth-order valence-corrected chi connectivity index (χ4v) is 4.37. The van der Waals surface area contributed by atoms with Gasteiger partial charge >= 0.3 is 0 Å². The third kappa shape index (κ3) is 3.66. The van der Waals surface area contributed by atoms with Crippen LogP contribution in [-0.4, -0.2) is 34.5 Å². The molecule has 0 saturated carbocycles. The molecule has 0 spiro atoms. The molecule has 1 saturated heterocycles. The fraction of sp³-hybridized carbons (Fsp3) is 0.240. The van der Waals surface area contributed by atoms with Crippen LogP contribution in [0.5, 0.6) is 5.75 Å². The van der Waals surface area contributed by atoms with Gasteiger partial charge in [0.25, 0.3) is 5.91 Å². The lowest BCUT2D eigenvalue weighted by molar-refractivity contribution is -0.120. The molecule has 162 valence electrons. The Morgan fingerprint density at radius 2 is 1.62 bits per heavy atom. The monoisotopic (exact) mass is 429 g/mol. The number of pyridine rings is 1. The number of amides is 1. The Kier molecular flexibility index (Phi) is 5.23. The van der Waals surface area contributed by atoms with E-state index in [0.29, 0.717) is 12.8 Å². The number of aromatic nitrogens is 1. The summed E-state index contributed by atoms with van der Waals surface area (Å²) in [5.74, 6) is -0.350. The topological polar surface area (TPSA) is 71.9 Å². The van der Waals surface area contributed by atoms with Crippen LogP contribution in [0.1, 0.15) is 40.5 Å². The van der Waals surface area contributed by atoms with Gasteiger partial charge in [-0.05, 0) is 17.5 Å². The van der Waals surface area contributed by atoms with Crippen LogP contribution >= 0.6 is 0 Å². The second-order valence-corrected chi connectivity index (χ2v) is 8.06. The summed E-state index contributed by atoms with van der Waals surface area (Å²) < 4.78 is 7.63. The zero-order valence-corrected chi connectivity index (χ0v) is 17.5. The minimum absolute atomic E-state index is 0.0101. The SMILES string of the molecule is O=C1CCC(c2ccccc2)N2CN(C1)C(=O)c1c(OCc3ccccc3)c(=O)ccn12. The molecule has 1 amide bonds. The molecule has 3 heterocycles. The summed E-state index contributed by atoms with van der Waals surface area (Å²) >= 11 is 0. The maximum atomic E-state index is 13.4. The number of ether oxygens (including phenoxy) is 1. The van der Waals surface area contributed by atoms with E-state index in [9.17, 15) is 14.4 Å². The van der Waals surface area contributed by atoms with E-state index in [1.165, 1.54) is 11.0 Å². The molecule has 7 heteroatoms. The summed E-state index contributed by atoms with van der Waals surface area (Å²) in [7, 11) is 0. The number of rotatable bonds is 4. The predicted octanol–water partition coefficient (Wildman–Crippen LogP) is 2.88. The lowest BCUT2D eigenvalue weighted by atomic mass is 9.98. The molecular weight excluding hydrogens is 406 g/mol. The van der Waals surface area contributed by atoms with Gasteiger partial charge in [-0.15, -0.1) is 0 Å². The zero-order chi connectivity index (χ0) is 22.1. The molecule has 1 aromatic heterocycles. The molecule has 0 N–H and O–H groups in total. The molecule has 2 aromatic carbocycles. The first-order valence-corrected chi connectivity index (χ1v) is 10.7. The minimum atomic E-state index is -0.371. The van der Waals surface area contributed by atoms with E-state index >= 15 is 0 Å². The van der Waals surface area contributed by atoms with Gasteiger partial charge in [-0.1, -0.05) is 60.7 Å². The summed E-state index contributed by atoms with van der Waals surface area (Å²) in [6.07, 6.45) is 2.63. The zero-order valence-electron chi connectivity index (χ0n) is 17.5. The Morgan fingerprint density at radius 1 is 0.906 bits per heavy atom. The molecule has 2 aliphatic rings. The summed E-state index contributed by atoms with van der Waals surface area (Å²) in [6, 6.07) is 20.7. The number of Topliss-reactive ketones (excluding diaryl/α,β-unsaturated/α-hetero) is 1. The normalized spacial score (nSPS) is 18.1. The maximum absolute atomic E-state index is 13.4. The highest BCUT2D eigenvalue weighted by molar-refractivity contribution is 5.98. The Balaban J connectivity index is 1.60. The number of ketones is 1. The van der Waals surface area contributed by atoms with Crippen LogP contribution in [0.4, 0.5) is 0 Å². The van der Waals surface area contributed by atoms with Crippen molar-refractivity contribution >= 4 is 11.7 Å². The van der Waals surface area contributed by atoms with Gasteiger partial charge in [0, 0.05) is 18.7 Å². The fourth-order valence-electron chi connectivity index (χ4n) is 4.37. The number of carbonyl (C=O) groups excluding carboxylic acids is 2. The molecule has 7 nitrogen and oxygen atoms in total. The predicted molar refractivity (Wildman–Crippen MR) is 119 cm³/mol. The molecular formula is C25H23N3O4. The molecule has 2 bridgehead atoms. The van der Waals surface area contributed by atoms with E-state index in [0.717, 1.165) is 11.1 Å². The lowest BCUT2D eigenvalue weighted by Gasteiger charge is -2.45. The van der Waals surface area contributed by atoms with Gasteiger partial charge in [-0.3, -0.25) is 24.1 Å². The van der Waals surface area contributed by atoms with Gasteiger partial charge in [-0.25, -0.2) is 0 Å². The number of hydrogen-bond donors (Lipinski definition) is 0. The molecule has 1 unspecified atom stereocenters. The highest BCUT2D eigenvalue weighted by atomic mass is 16.5. The van der Waals surface area contributed by atoms with E-state index in [1.807, 2.05) is 65.7 Å². The van der Waals surface area contributed by atoms with Crippen molar-refractivity contribution in [3.05, 3.63) is 100.0 Å². The number of hydrogen-bond acceptors (Lipinski definition) is 5. The van der Waals surface area contributed by atoms with E-state index in [-0.39, 0.29) is 54.4 Å². The Labute approximate surface area is 185 Å². The van der Waals surface area contributed by atoms with Crippen molar-refractivity contribution in [1.82, 2.24) is 9.58 Å². The first-order chi connectivity index (χ1) is 15.6. The highest BCUT2D eigenvalue weighted by Gasteiger charge is 2.38. The van der Waals surface area contributed by atoms with E-state index in [4.69, 9.17) is 4.74 Å². The highest BCUT2D eigenvalue weighted by Crippen LogP contribution is 2.32.